The molecule has 0 bridgehead atoms. The van der Waals surface area contributed by atoms with Crippen LogP contribution >= 0.6 is 11.3 Å². The van der Waals surface area contributed by atoms with E-state index in [4.69, 9.17) is 4.74 Å². The molecule has 0 radical (unpaired) electrons. The summed E-state index contributed by atoms with van der Waals surface area (Å²) >= 11 is 1.36. The Hall–Kier alpha value is -2.74. The minimum absolute atomic E-state index is 0.0430. The number of hydrogen-bond acceptors (Lipinski definition) is 7. The summed E-state index contributed by atoms with van der Waals surface area (Å²) in [4.78, 5) is 29.0. The Labute approximate surface area is 150 Å². The molecule has 0 aliphatic carbocycles. The maximum atomic E-state index is 11.8. The van der Waals surface area contributed by atoms with Crippen molar-refractivity contribution in [2.75, 3.05) is 26.1 Å². The number of nitrogens with zero attached hydrogens (tertiary/aromatic N) is 3. The monoisotopic (exact) mass is 360 g/mol. The second-order valence-corrected chi connectivity index (χ2v) is 6.18. The maximum Gasteiger partial charge on any atom is 0.311 e. The third-order valence-corrected chi connectivity index (χ3v) is 3.92. The number of aromatic nitrogens is 1. The van der Waals surface area contributed by atoms with Crippen LogP contribution in [0, 0.1) is 0 Å². The summed E-state index contributed by atoms with van der Waals surface area (Å²) in [6.45, 7) is 2.13. The number of carbonyl (C=O) groups is 2. The Morgan fingerprint density at radius 3 is 2.68 bits per heavy atom. The smallest absolute Gasteiger partial charge is 0.311 e. The fourth-order valence-electron chi connectivity index (χ4n) is 1.93. The standard InChI is InChI=1S/C17H20N4O3S/c1-4-24-15(22)9-14-11-25-17(19-14)20-18-10-12-5-7-13(8-6-12)16(23)21(2)3/h5-8,10-11H,4,9H2,1-3H3,(H,19,20). The van der Waals surface area contributed by atoms with Crippen molar-refractivity contribution in [1.82, 2.24) is 9.88 Å². The van der Waals surface area contributed by atoms with Crippen LogP contribution < -0.4 is 5.43 Å². The second kappa shape index (κ2) is 8.93. The number of carbonyl (C=O) groups excluding carboxylic acids is 2. The molecule has 7 nitrogen and oxygen atoms in total. The predicted molar refractivity (Wildman–Crippen MR) is 98.1 cm³/mol. The van der Waals surface area contributed by atoms with Crippen LogP contribution in [-0.2, 0) is 16.0 Å². The summed E-state index contributed by atoms with van der Waals surface area (Å²) in [5, 5.41) is 6.49. The molecule has 0 unspecified atom stereocenters. The first-order valence-corrected chi connectivity index (χ1v) is 8.58. The van der Waals surface area contributed by atoms with Crippen LogP contribution in [0.1, 0.15) is 28.5 Å². The van der Waals surface area contributed by atoms with Gasteiger partial charge in [-0.25, -0.2) is 4.98 Å². The number of benzene rings is 1. The van der Waals surface area contributed by atoms with Crippen LogP contribution in [0.15, 0.2) is 34.7 Å². The summed E-state index contributed by atoms with van der Waals surface area (Å²) in [6, 6.07) is 7.14. The Kier molecular flexibility index (Phi) is 6.64. The van der Waals surface area contributed by atoms with E-state index in [1.807, 2.05) is 12.1 Å². The first-order chi connectivity index (χ1) is 12.0. The van der Waals surface area contributed by atoms with Gasteiger partial charge in [-0.3, -0.25) is 15.0 Å². The number of thiazole rings is 1. The van der Waals surface area contributed by atoms with Crippen molar-refractivity contribution < 1.29 is 14.3 Å². The van der Waals surface area contributed by atoms with E-state index in [1.165, 1.54) is 16.2 Å². The highest BCUT2D eigenvalue weighted by Gasteiger charge is 2.08. The number of ether oxygens (including phenoxy) is 1. The summed E-state index contributed by atoms with van der Waals surface area (Å²) < 4.78 is 4.88. The van der Waals surface area contributed by atoms with Crippen LogP contribution in [0.2, 0.25) is 0 Å². The van der Waals surface area contributed by atoms with Gasteiger partial charge in [0.25, 0.3) is 5.91 Å². The minimum atomic E-state index is -0.296. The predicted octanol–water partition coefficient (Wildman–Crippen LogP) is 2.40. The molecular weight excluding hydrogens is 340 g/mol. The lowest BCUT2D eigenvalue weighted by molar-refractivity contribution is -0.142. The van der Waals surface area contributed by atoms with E-state index in [0.717, 1.165) is 5.56 Å². The van der Waals surface area contributed by atoms with E-state index in [-0.39, 0.29) is 18.3 Å². The van der Waals surface area contributed by atoms with Gasteiger partial charge in [0.2, 0.25) is 5.13 Å². The Morgan fingerprint density at radius 2 is 2.04 bits per heavy atom. The number of esters is 1. The van der Waals surface area contributed by atoms with Crippen molar-refractivity contribution in [2.45, 2.75) is 13.3 Å². The molecule has 0 aliphatic rings. The number of hydrazone groups is 1. The van der Waals surface area contributed by atoms with Crippen molar-refractivity contribution in [1.29, 1.82) is 0 Å². The number of amides is 1. The molecule has 0 saturated carbocycles. The van der Waals surface area contributed by atoms with Crippen LogP contribution in [0.4, 0.5) is 5.13 Å². The topological polar surface area (TPSA) is 83.9 Å². The molecule has 0 saturated heterocycles. The minimum Gasteiger partial charge on any atom is -0.466 e. The summed E-state index contributed by atoms with van der Waals surface area (Å²) in [5.74, 6) is -0.339. The highest BCUT2D eigenvalue weighted by atomic mass is 32.1. The van der Waals surface area contributed by atoms with Crippen LogP contribution in [-0.4, -0.2) is 48.7 Å². The van der Waals surface area contributed by atoms with E-state index in [2.05, 4.69) is 15.5 Å². The molecular formula is C17H20N4O3S. The number of nitrogens with one attached hydrogen (secondary N) is 1. The van der Waals surface area contributed by atoms with Crippen LogP contribution in [0.5, 0.6) is 0 Å². The normalized spacial score (nSPS) is 10.7. The van der Waals surface area contributed by atoms with Crippen LogP contribution in [0.25, 0.3) is 0 Å². The number of anilines is 1. The summed E-state index contributed by atoms with van der Waals surface area (Å²) in [6.07, 6.45) is 1.79. The molecule has 1 amide bonds. The largest absolute Gasteiger partial charge is 0.466 e. The first kappa shape index (κ1) is 18.6. The van der Waals surface area contributed by atoms with Crippen molar-refractivity contribution >= 4 is 34.6 Å². The summed E-state index contributed by atoms with van der Waals surface area (Å²) in [5.41, 5.74) is 4.95. The zero-order valence-corrected chi connectivity index (χ0v) is 15.2. The van der Waals surface area contributed by atoms with Crippen molar-refractivity contribution in [3.05, 3.63) is 46.5 Å². The third kappa shape index (κ3) is 5.68. The van der Waals surface area contributed by atoms with Gasteiger partial charge >= 0.3 is 5.97 Å². The molecule has 1 heterocycles. The van der Waals surface area contributed by atoms with Gasteiger partial charge in [0.1, 0.15) is 0 Å². The third-order valence-electron chi connectivity index (χ3n) is 3.12. The molecule has 0 spiro atoms. The Balaban J connectivity index is 1.89. The molecule has 25 heavy (non-hydrogen) atoms. The van der Waals surface area contributed by atoms with Gasteiger partial charge < -0.3 is 9.64 Å². The SMILES string of the molecule is CCOC(=O)Cc1csc(NN=Cc2ccc(C(=O)N(C)C)cc2)n1. The molecule has 0 aliphatic heterocycles. The molecule has 132 valence electrons. The summed E-state index contributed by atoms with van der Waals surface area (Å²) in [7, 11) is 3.43. The first-order valence-electron chi connectivity index (χ1n) is 7.70. The zero-order valence-electron chi connectivity index (χ0n) is 14.4. The van der Waals surface area contributed by atoms with E-state index in [0.29, 0.717) is 23.0 Å². The highest BCUT2D eigenvalue weighted by molar-refractivity contribution is 7.13. The van der Waals surface area contributed by atoms with Gasteiger partial charge in [-0.1, -0.05) is 12.1 Å². The quantitative estimate of drug-likeness (QED) is 0.466. The lowest BCUT2D eigenvalue weighted by Crippen LogP contribution is -2.21. The molecule has 0 atom stereocenters. The molecule has 1 aromatic heterocycles. The fraction of sp³-hybridized carbons (Fsp3) is 0.294. The Morgan fingerprint density at radius 1 is 1.32 bits per heavy atom. The molecule has 1 aromatic carbocycles. The second-order valence-electron chi connectivity index (χ2n) is 5.32. The van der Waals surface area contributed by atoms with Gasteiger partial charge in [-0.05, 0) is 24.6 Å². The number of hydrogen-bond donors (Lipinski definition) is 1. The lowest BCUT2D eigenvalue weighted by atomic mass is 10.1. The van der Waals surface area contributed by atoms with Crippen LogP contribution in [0.3, 0.4) is 0 Å². The van der Waals surface area contributed by atoms with E-state index in [1.54, 1.807) is 44.7 Å². The molecule has 0 fully saturated rings. The van der Waals surface area contributed by atoms with E-state index < -0.39 is 0 Å². The van der Waals surface area contributed by atoms with Gasteiger partial charge in [0, 0.05) is 25.0 Å². The van der Waals surface area contributed by atoms with E-state index in [9.17, 15) is 9.59 Å². The zero-order chi connectivity index (χ0) is 18.2. The van der Waals surface area contributed by atoms with E-state index >= 15 is 0 Å². The molecule has 2 rings (SSSR count). The van der Waals surface area contributed by atoms with Gasteiger partial charge in [0.15, 0.2) is 0 Å². The van der Waals surface area contributed by atoms with Crippen molar-refractivity contribution in [2.24, 2.45) is 5.10 Å². The number of rotatable bonds is 7. The van der Waals surface area contributed by atoms with Gasteiger partial charge in [-0.2, -0.15) is 5.10 Å². The van der Waals surface area contributed by atoms with Crippen molar-refractivity contribution in [3.8, 4) is 0 Å². The Bertz CT molecular complexity index is 754. The fourth-order valence-corrected chi connectivity index (χ4v) is 2.59. The molecule has 8 heteroatoms. The van der Waals surface area contributed by atoms with Gasteiger partial charge in [-0.15, -0.1) is 11.3 Å². The average molecular weight is 360 g/mol. The lowest BCUT2D eigenvalue weighted by Gasteiger charge is -2.09. The maximum absolute atomic E-state index is 11.8. The average Bonchev–Trinajstić information content (AvgIpc) is 3.02. The molecule has 2 aromatic rings. The van der Waals surface area contributed by atoms with Crippen molar-refractivity contribution in [3.63, 3.8) is 0 Å². The molecule has 1 N–H and O–H groups in total. The van der Waals surface area contributed by atoms with Gasteiger partial charge in [0.05, 0.1) is 24.9 Å². The highest BCUT2D eigenvalue weighted by Crippen LogP contribution is 2.16.